The molecule has 0 heterocycles. The van der Waals surface area contributed by atoms with Gasteiger partial charge >= 0.3 is 12.0 Å². The van der Waals surface area contributed by atoms with Crippen LogP contribution in [0.1, 0.15) is 26.7 Å². The number of carbonyl (C=O) groups is 2. The summed E-state index contributed by atoms with van der Waals surface area (Å²) in [7, 11) is 0. The zero-order chi connectivity index (χ0) is 10.8. The molecule has 0 aliphatic rings. The average Bonchev–Trinajstić information content (AvgIpc) is 2.13. The molecule has 0 aromatic heterocycles. The molecule has 82 valence electrons. The van der Waals surface area contributed by atoms with Gasteiger partial charge in [-0.05, 0) is 6.42 Å². The molecule has 0 rings (SSSR count). The second kappa shape index (κ2) is 8.34. The third kappa shape index (κ3) is 8.83. The normalized spacial score (nSPS) is 9.29. The van der Waals surface area contributed by atoms with Crippen LogP contribution in [0.15, 0.2) is 0 Å². The lowest BCUT2D eigenvalue weighted by molar-refractivity contribution is -0.140. The molecule has 14 heavy (non-hydrogen) atoms. The van der Waals surface area contributed by atoms with E-state index in [9.17, 15) is 9.59 Å². The van der Waals surface area contributed by atoms with E-state index < -0.39 is 0 Å². The van der Waals surface area contributed by atoms with Crippen molar-refractivity contribution in [2.75, 3.05) is 19.7 Å². The minimum atomic E-state index is -0.335. The summed E-state index contributed by atoms with van der Waals surface area (Å²) < 4.78 is 4.64. The van der Waals surface area contributed by atoms with Crippen molar-refractivity contribution in [3.63, 3.8) is 0 Å². The highest BCUT2D eigenvalue weighted by Crippen LogP contribution is 1.81. The van der Waals surface area contributed by atoms with Crippen LogP contribution in [-0.2, 0) is 9.53 Å². The van der Waals surface area contributed by atoms with E-state index in [1.54, 1.807) is 0 Å². The average molecular weight is 202 g/mol. The van der Waals surface area contributed by atoms with Crippen molar-refractivity contribution in [3.05, 3.63) is 0 Å². The van der Waals surface area contributed by atoms with Crippen LogP contribution in [0, 0.1) is 0 Å². The lowest BCUT2D eigenvalue weighted by Gasteiger charge is -2.06. The molecule has 0 spiro atoms. The topological polar surface area (TPSA) is 67.4 Å². The lowest BCUT2D eigenvalue weighted by Crippen LogP contribution is -2.37. The van der Waals surface area contributed by atoms with Gasteiger partial charge in [0.15, 0.2) is 0 Å². The van der Waals surface area contributed by atoms with E-state index in [1.165, 1.54) is 6.92 Å². The monoisotopic (exact) mass is 202 g/mol. The van der Waals surface area contributed by atoms with Crippen molar-refractivity contribution in [3.8, 4) is 0 Å². The maximum Gasteiger partial charge on any atom is 0.314 e. The van der Waals surface area contributed by atoms with Gasteiger partial charge in [0.2, 0.25) is 0 Å². The van der Waals surface area contributed by atoms with Gasteiger partial charge in [0, 0.05) is 13.5 Å². The second-order valence-electron chi connectivity index (χ2n) is 2.88. The van der Waals surface area contributed by atoms with Gasteiger partial charge in [-0.15, -0.1) is 0 Å². The van der Waals surface area contributed by atoms with Crippen LogP contribution in [0.3, 0.4) is 0 Å². The largest absolute Gasteiger partial charge is 0.464 e. The van der Waals surface area contributed by atoms with E-state index in [-0.39, 0.29) is 18.6 Å². The predicted octanol–water partition coefficient (Wildman–Crippen LogP) is 0.649. The summed E-state index contributed by atoms with van der Waals surface area (Å²) in [6, 6.07) is -0.217. The van der Waals surface area contributed by atoms with Crippen LogP contribution in [0.2, 0.25) is 0 Å². The van der Waals surface area contributed by atoms with Gasteiger partial charge in [0.1, 0.15) is 6.61 Å². The van der Waals surface area contributed by atoms with E-state index in [1.807, 2.05) is 0 Å². The highest BCUT2D eigenvalue weighted by atomic mass is 16.5. The summed E-state index contributed by atoms with van der Waals surface area (Å²) in [6.07, 6.45) is 2.02. The van der Waals surface area contributed by atoms with Crippen molar-refractivity contribution in [1.82, 2.24) is 10.6 Å². The second-order valence-corrected chi connectivity index (χ2v) is 2.88. The number of esters is 1. The molecule has 5 heteroatoms. The molecule has 2 amide bonds. The number of hydrogen-bond donors (Lipinski definition) is 2. The molecule has 2 N–H and O–H groups in total. The van der Waals surface area contributed by atoms with E-state index >= 15 is 0 Å². The molecule has 0 aliphatic heterocycles. The summed E-state index contributed by atoms with van der Waals surface area (Å²) in [5.74, 6) is -0.335. The number of amides is 2. The van der Waals surface area contributed by atoms with Crippen LogP contribution in [-0.4, -0.2) is 31.7 Å². The number of urea groups is 1. The van der Waals surface area contributed by atoms with Gasteiger partial charge in [-0.2, -0.15) is 0 Å². The summed E-state index contributed by atoms with van der Waals surface area (Å²) in [6.45, 7) is 4.63. The fourth-order valence-corrected chi connectivity index (χ4v) is 0.801. The Balaban J connectivity index is 3.22. The van der Waals surface area contributed by atoms with Gasteiger partial charge in [0.05, 0.1) is 6.54 Å². The highest BCUT2D eigenvalue weighted by Gasteiger charge is 1.98. The zero-order valence-electron chi connectivity index (χ0n) is 8.76. The summed E-state index contributed by atoms with van der Waals surface area (Å²) in [5.41, 5.74) is 0. The number of hydrogen-bond acceptors (Lipinski definition) is 3. The summed E-state index contributed by atoms with van der Waals surface area (Å²) in [4.78, 5) is 21.3. The van der Waals surface area contributed by atoms with Crippen LogP contribution in [0.25, 0.3) is 0 Å². The molecular formula is C9H18N2O3. The molecule has 0 saturated heterocycles. The Kier molecular flexibility index (Phi) is 7.59. The van der Waals surface area contributed by atoms with Crippen molar-refractivity contribution < 1.29 is 14.3 Å². The molecule has 0 bridgehead atoms. The third-order valence-electron chi connectivity index (χ3n) is 1.51. The molecule has 0 aromatic rings. The summed E-state index contributed by atoms with van der Waals surface area (Å²) in [5, 5.41) is 5.25. The number of rotatable bonds is 6. The molecule has 0 aliphatic carbocycles. The maximum absolute atomic E-state index is 11.0. The first-order valence-electron chi connectivity index (χ1n) is 4.82. The fraction of sp³-hybridized carbons (Fsp3) is 0.778. The zero-order valence-corrected chi connectivity index (χ0v) is 8.76. The first-order chi connectivity index (χ1) is 6.66. The smallest absolute Gasteiger partial charge is 0.314 e. The van der Waals surface area contributed by atoms with Gasteiger partial charge in [-0.1, -0.05) is 13.3 Å². The van der Waals surface area contributed by atoms with E-state index in [0.717, 1.165) is 12.8 Å². The standard InChI is InChI=1S/C9H18N2O3/c1-3-4-5-10-9(13)11-6-7-14-8(2)12/h3-7H2,1-2H3,(H2,10,11,13). The molecule has 5 nitrogen and oxygen atoms in total. The minimum absolute atomic E-state index is 0.217. The van der Waals surface area contributed by atoms with Gasteiger partial charge in [-0.3, -0.25) is 4.79 Å². The van der Waals surface area contributed by atoms with Crippen molar-refractivity contribution in [1.29, 1.82) is 0 Å². The Morgan fingerprint density at radius 3 is 2.43 bits per heavy atom. The first kappa shape index (κ1) is 12.7. The summed E-state index contributed by atoms with van der Waals surface area (Å²) >= 11 is 0. The molecule has 0 unspecified atom stereocenters. The lowest BCUT2D eigenvalue weighted by atomic mass is 10.3. The molecule has 0 fully saturated rings. The quantitative estimate of drug-likeness (QED) is 0.491. The number of unbranched alkanes of at least 4 members (excludes halogenated alkanes) is 1. The minimum Gasteiger partial charge on any atom is -0.464 e. The van der Waals surface area contributed by atoms with E-state index in [2.05, 4.69) is 22.3 Å². The van der Waals surface area contributed by atoms with Crippen LogP contribution in [0.4, 0.5) is 4.79 Å². The number of carbonyl (C=O) groups excluding carboxylic acids is 2. The van der Waals surface area contributed by atoms with Crippen LogP contribution < -0.4 is 10.6 Å². The van der Waals surface area contributed by atoms with Crippen LogP contribution in [0.5, 0.6) is 0 Å². The van der Waals surface area contributed by atoms with Crippen molar-refractivity contribution in [2.45, 2.75) is 26.7 Å². The fourth-order valence-electron chi connectivity index (χ4n) is 0.801. The van der Waals surface area contributed by atoms with Crippen LogP contribution >= 0.6 is 0 Å². The van der Waals surface area contributed by atoms with E-state index in [0.29, 0.717) is 13.1 Å². The number of ether oxygens (including phenoxy) is 1. The molecule has 0 saturated carbocycles. The highest BCUT2D eigenvalue weighted by molar-refractivity contribution is 5.73. The molecule has 0 atom stereocenters. The Bertz CT molecular complexity index is 183. The van der Waals surface area contributed by atoms with Gasteiger partial charge < -0.3 is 15.4 Å². The Labute approximate surface area is 84.2 Å². The SMILES string of the molecule is CCCCNC(=O)NCCOC(C)=O. The molecule has 0 aromatic carbocycles. The molecule has 0 radical (unpaired) electrons. The third-order valence-corrected chi connectivity index (χ3v) is 1.51. The van der Waals surface area contributed by atoms with Crippen molar-refractivity contribution in [2.24, 2.45) is 0 Å². The Morgan fingerprint density at radius 2 is 1.86 bits per heavy atom. The molecular weight excluding hydrogens is 184 g/mol. The predicted molar refractivity (Wildman–Crippen MR) is 52.9 cm³/mol. The van der Waals surface area contributed by atoms with Gasteiger partial charge in [-0.25, -0.2) is 4.79 Å². The van der Waals surface area contributed by atoms with Gasteiger partial charge in [0.25, 0.3) is 0 Å². The Hall–Kier alpha value is -1.26. The Morgan fingerprint density at radius 1 is 1.21 bits per heavy atom. The van der Waals surface area contributed by atoms with Crippen molar-refractivity contribution >= 4 is 12.0 Å². The van der Waals surface area contributed by atoms with E-state index in [4.69, 9.17) is 0 Å². The maximum atomic E-state index is 11.0. The first-order valence-corrected chi connectivity index (χ1v) is 4.82. The number of nitrogens with one attached hydrogen (secondary N) is 2.